The quantitative estimate of drug-likeness (QED) is 0.290. The molecule has 15 heteroatoms. The molecule has 0 spiro atoms. The number of nitro groups is 4. The van der Waals surface area contributed by atoms with E-state index in [1.807, 2.05) is 0 Å². The second-order valence-corrected chi connectivity index (χ2v) is 5.01. The fraction of sp³-hybridized carbons (Fsp3) is 0. The molecule has 0 fully saturated rings. The largest absolute Gasteiger partial charge is 0.294 e. The maximum atomic E-state index is 12.7. The molecule has 2 aromatic carbocycles. The van der Waals surface area contributed by atoms with Crippen LogP contribution < -0.4 is 0 Å². The van der Waals surface area contributed by atoms with E-state index in [9.17, 15) is 50.2 Å². The monoisotopic (exact) mass is 391 g/mol. The van der Waals surface area contributed by atoms with E-state index in [1.165, 1.54) is 0 Å². The van der Waals surface area contributed by atoms with E-state index in [2.05, 4.69) is 5.18 Å². The highest BCUT2D eigenvalue weighted by Gasteiger charge is 2.36. The third-order valence-electron chi connectivity index (χ3n) is 3.45. The minimum atomic E-state index is -1.43. The smallest absolute Gasteiger partial charge is 0.288 e. The molecule has 2 aromatic rings. The highest BCUT2D eigenvalue weighted by molar-refractivity contribution is 6.16. The Labute approximate surface area is 151 Å². The van der Waals surface area contributed by atoms with Gasteiger partial charge in [-0.05, 0) is 11.2 Å². The zero-order chi connectivity index (χ0) is 21.2. The lowest BCUT2D eigenvalue weighted by molar-refractivity contribution is -0.403. The normalized spacial score (nSPS) is 10.1. The Hall–Kier alpha value is -4.69. The average Bonchev–Trinajstić information content (AvgIpc) is 2.65. The molecule has 15 nitrogen and oxygen atoms in total. The first kappa shape index (κ1) is 19.6. The summed E-state index contributed by atoms with van der Waals surface area (Å²) >= 11 is 0. The van der Waals surface area contributed by atoms with Gasteiger partial charge in [-0.3, -0.25) is 45.3 Å². The second-order valence-electron chi connectivity index (χ2n) is 5.01. The predicted molar refractivity (Wildman–Crippen MR) is 88.4 cm³/mol. The second kappa shape index (κ2) is 7.28. The summed E-state index contributed by atoms with van der Waals surface area (Å²) in [5.41, 5.74) is -6.76. The number of ketones is 1. The van der Waals surface area contributed by atoms with Crippen molar-refractivity contribution in [1.29, 1.82) is 0 Å². The lowest BCUT2D eigenvalue weighted by Gasteiger charge is -2.06. The molecule has 0 aromatic heterocycles. The summed E-state index contributed by atoms with van der Waals surface area (Å²) < 4.78 is 0. The highest BCUT2D eigenvalue weighted by atomic mass is 16.6. The molecular formula is C13H5N5O10. The molecule has 0 aliphatic heterocycles. The van der Waals surface area contributed by atoms with Gasteiger partial charge in [0.15, 0.2) is 5.56 Å². The number of nitrogens with zero attached hydrogens (tertiary/aromatic N) is 5. The number of nitro benzene ring substituents is 4. The predicted octanol–water partition coefficient (Wildman–Crippen LogP) is 2.95. The molecule has 0 unspecified atom stereocenters. The van der Waals surface area contributed by atoms with Crippen molar-refractivity contribution in [2.45, 2.75) is 0 Å². The zero-order valence-electron chi connectivity index (χ0n) is 13.2. The fourth-order valence-corrected chi connectivity index (χ4v) is 2.26. The number of rotatable bonds is 7. The van der Waals surface area contributed by atoms with Crippen molar-refractivity contribution in [3.05, 3.63) is 86.8 Å². The van der Waals surface area contributed by atoms with Crippen molar-refractivity contribution < 1.29 is 24.5 Å². The van der Waals surface area contributed by atoms with Gasteiger partial charge in [0, 0.05) is 12.1 Å². The summed E-state index contributed by atoms with van der Waals surface area (Å²) in [6, 6.07) is 2.82. The zero-order valence-corrected chi connectivity index (χ0v) is 13.2. The van der Waals surface area contributed by atoms with Crippen molar-refractivity contribution in [3.8, 4) is 0 Å². The molecule has 142 valence electrons. The Morgan fingerprint density at radius 1 is 0.750 bits per heavy atom. The van der Waals surface area contributed by atoms with Gasteiger partial charge in [0.1, 0.15) is 5.69 Å². The van der Waals surface area contributed by atoms with E-state index in [-0.39, 0.29) is 0 Å². The molecule has 0 aliphatic rings. The Morgan fingerprint density at radius 3 is 1.64 bits per heavy atom. The van der Waals surface area contributed by atoms with Crippen LogP contribution in [0.2, 0.25) is 0 Å². The summed E-state index contributed by atoms with van der Waals surface area (Å²) in [6.45, 7) is 0. The van der Waals surface area contributed by atoms with Gasteiger partial charge in [0.05, 0.1) is 37.4 Å². The van der Waals surface area contributed by atoms with Crippen molar-refractivity contribution in [2.75, 3.05) is 0 Å². The number of hydrogen-bond donors (Lipinski definition) is 0. The lowest BCUT2D eigenvalue weighted by Crippen LogP contribution is -2.10. The summed E-state index contributed by atoms with van der Waals surface area (Å²) in [6.07, 6.45) is 0. The van der Waals surface area contributed by atoms with Crippen LogP contribution in [0.1, 0.15) is 15.9 Å². The number of carbonyl (C=O) groups is 1. The Kier molecular flexibility index (Phi) is 5.10. The minimum absolute atomic E-state index is 0.347. The SMILES string of the molecule is O=Nc1cc([N+](=O)[O-])ccc1C(=O)c1c([N+](=O)[O-])cc([N+](=O)[O-])cc1[N+](=O)[O-]. The Balaban J connectivity index is 2.83. The molecule has 0 heterocycles. The minimum Gasteiger partial charge on any atom is -0.288 e. The fourth-order valence-electron chi connectivity index (χ4n) is 2.26. The van der Waals surface area contributed by atoms with Gasteiger partial charge in [0.2, 0.25) is 5.78 Å². The van der Waals surface area contributed by atoms with Gasteiger partial charge in [0.25, 0.3) is 22.7 Å². The molecule has 0 amide bonds. The van der Waals surface area contributed by atoms with Gasteiger partial charge in [-0.15, -0.1) is 4.91 Å². The average molecular weight is 391 g/mol. The van der Waals surface area contributed by atoms with Gasteiger partial charge >= 0.3 is 0 Å². The van der Waals surface area contributed by atoms with Crippen LogP contribution in [0.3, 0.4) is 0 Å². The maximum absolute atomic E-state index is 12.7. The molecule has 0 saturated heterocycles. The van der Waals surface area contributed by atoms with Gasteiger partial charge in [-0.1, -0.05) is 0 Å². The highest BCUT2D eigenvalue weighted by Crippen LogP contribution is 2.37. The molecule has 0 N–H and O–H groups in total. The molecule has 0 saturated carbocycles. The molecule has 0 aliphatic carbocycles. The van der Waals surface area contributed by atoms with Crippen molar-refractivity contribution in [2.24, 2.45) is 5.18 Å². The third-order valence-corrected chi connectivity index (χ3v) is 3.45. The summed E-state index contributed by atoms with van der Waals surface area (Å²) in [5.74, 6) is -1.43. The van der Waals surface area contributed by atoms with Crippen LogP contribution in [0.25, 0.3) is 0 Å². The van der Waals surface area contributed by atoms with Gasteiger partial charge < -0.3 is 0 Å². The van der Waals surface area contributed by atoms with E-state index >= 15 is 0 Å². The van der Waals surface area contributed by atoms with E-state index in [0.717, 1.165) is 12.1 Å². The van der Waals surface area contributed by atoms with E-state index < -0.39 is 65.0 Å². The summed E-state index contributed by atoms with van der Waals surface area (Å²) in [5, 5.41) is 46.5. The van der Waals surface area contributed by atoms with Gasteiger partial charge in [-0.2, -0.15) is 0 Å². The third kappa shape index (κ3) is 3.47. The first-order chi connectivity index (χ1) is 13.1. The summed E-state index contributed by atoms with van der Waals surface area (Å²) in [7, 11) is 0. The van der Waals surface area contributed by atoms with Crippen LogP contribution in [-0.4, -0.2) is 25.5 Å². The van der Waals surface area contributed by atoms with Crippen LogP contribution in [0.4, 0.5) is 28.4 Å². The maximum Gasteiger partial charge on any atom is 0.294 e. The van der Waals surface area contributed by atoms with E-state index in [0.29, 0.717) is 18.2 Å². The van der Waals surface area contributed by atoms with Crippen molar-refractivity contribution >= 4 is 34.2 Å². The Bertz CT molecular complexity index is 1040. The van der Waals surface area contributed by atoms with Crippen LogP contribution in [-0.2, 0) is 0 Å². The number of benzene rings is 2. The van der Waals surface area contributed by atoms with Crippen molar-refractivity contribution in [1.82, 2.24) is 0 Å². The van der Waals surface area contributed by atoms with Crippen LogP contribution in [0.5, 0.6) is 0 Å². The van der Waals surface area contributed by atoms with Gasteiger partial charge in [-0.25, -0.2) is 0 Å². The van der Waals surface area contributed by atoms with Crippen LogP contribution >= 0.6 is 0 Å². The van der Waals surface area contributed by atoms with Crippen LogP contribution in [0.15, 0.2) is 35.5 Å². The standard InChI is InChI=1S/C13H5N5O10/c19-13(8-2-1-6(15(21)22)3-9(8)14-20)12-10(17(25)26)4-7(16(23)24)5-11(12)18(27)28/h1-5H. The van der Waals surface area contributed by atoms with E-state index in [1.54, 1.807) is 0 Å². The molecule has 2 rings (SSSR count). The number of carbonyl (C=O) groups excluding carboxylic acids is 1. The number of nitroso groups, excluding NO2 is 1. The number of non-ortho nitro benzene ring substituents is 2. The first-order valence-electron chi connectivity index (χ1n) is 6.86. The molecule has 0 atom stereocenters. The molecule has 0 bridgehead atoms. The van der Waals surface area contributed by atoms with Crippen molar-refractivity contribution in [3.63, 3.8) is 0 Å². The molecule has 0 radical (unpaired) electrons. The van der Waals surface area contributed by atoms with Crippen LogP contribution in [0, 0.1) is 45.4 Å². The van der Waals surface area contributed by atoms with E-state index in [4.69, 9.17) is 0 Å². The summed E-state index contributed by atoms with van der Waals surface area (Å²) in [4.78, 5) is 63.2. The Morgan fingerprint density at radius 2 is 1.25 bits per heavy atom. The molecule has 28 heavy (non-hydrogen) atoms. The topological polar surface area (TPSA) is 219 Å². The lowest BCUT2D eigenvalue weighted by atomic mass is 9.97. The molecular weight excluding hydrogens is 386 g/mol. The number of hydrogen-bond acceptors (Lipinski definition) is 11. The first-order valence-corrected chi connectivity index (χ1v) is 6.86.